The number of amides is 1. The van der Waals surface area contributed by atoms with Gasteiger partial charge in [-0.1, -0.05) is 0 Å². The molecule has 0 aromatic heterocycles. The largest absolute Gasteiger partial charge is 0.481 e. The van der Waals surface area contributed by atoms with Crippen molar-refractivity contribution in [3.8, 4) is 0 Å². The summed E-state index contributed by atoms with van der Waals surface area (Å²) in [5.41, 5.74) is 1.64. The van der Waals surface area contributed by atoms with Crippen molar-refractivity contribution < 1.29 is 14.7 Å². The lowest BCUT2D eigenvalue weighted by Gasteiger charge is -2.30. The number of carboxylic acids is 1. The average Bonchev–Trinajstić information content (AvgIpc) is 2.46. The van der Waals surface area contributed by atoms with Crippen LogP contribution in [0.25, 0.3) is 0 Å². The lowest BCUT2D eigenvalue weighted by atomic mass is 9.97. The maximum absolute atomic E-state index is 12.4. The fourth-order valence-electron chi connectivity index (χ4n) is 2.45. The number of carboxylic acid groups (broad SMARTS) is 1. The van der Waals surface area contributed by atoms with Crippen molar-refractivity contribution in [2.75, 3.05) is 32.1 Å². The van der Waals surface area contributed by atoms with E-state index in [9.17, 15) is 9.59 Å². The molecule has 5 nitrogen and oxygen atoms in total. The molecule has 0 saturated carbocycles. The topological polar surface area (TPSA) is 60.9 Å². The zero-order valence-corrected chi connectivity index (χ0v) is 11.9. The molecule has 0 radical (unpaired) electrons. The molecular formula is C15H20N2O3. The lowest BCUT2D eigenvalue weighted by molar-refractivity contribution is -0.143. The van der Waals surface area contributed by atoms with E-state index in [1.54, 1.807) is 17.0 Å². The Bertz CT molecular complexity index is 496. The van der Waals surface area contributed by atoms with Crippen LogP contribution < -0.4 is 4.90 Å². The van der Waals surface area contributed by atoms with E-state index in [4.69, 9.17) is 5.11 Å². The summed E-state index contributed by atoms with van der Waals surface area (Å²) in [5, 5.41) is 9.06. The van der Waals surface area contributed by atoms with E-state index in [0.29, 0.717) is 25.1 Å². The SMILES string of the molecule is CN(C)c1ccc(C(=O)N2CCC[C@@H](C(=O)O)C2)cc1. The van der Waals surface area contributed by atoms with Crippen LogP contribution in [0, 0.1) is 5.92 Å². The second-order valence-electron chi connectivity index (χ2n) is 5.37. The quantitative estimate of drug-likeness (QED) is 0.912. The van der Waals surface area contributed by atoms with Crippen LogP contribution >= 0.6 is 0 Å². The van der Waals surface area contributed by atoms with E-state index in [1.807, 2.05) is 31.1 Å². The van der Waals surface area contributed by atoms with Gasteiger partial charge >= 0.3 is 5.97 Å². The van der Waals surface area contributed by atoms with Crippen molar-refractivity contribution in [2.24, 2.45) is 5.92 Å². The summed E-state index contributed by atoms with van der Waals surface area (Å²) in [6, 6.07) is 7.38. The van der Waals surface area contributed by atoms with Crippen molar-refractivity contribution in [3.05, 3.63) is 29.8 Å². The predicted octanol–water partition coefficient (Wildman–Crippen LogP) is 1.69. The molecule has 1 heterocycles. The van der Waals surface area contributed by atoms with Gasteiger partial charge in [0.1, 0.15) is 0 Å². The van der Waals surface area contributed by atoms with Crippen LogP contribution in [-0.2, 0) is 4.79 Å². The highest BCUT2D eigenvalue weighted by Crippen LogP contribution is 2.20. The van der Waals surface area contributed by atoms with Gasteiger partial charge < -0.3 is 14.9 Å². The third-order valence-corrected chi connectivity index (χ3v) is 3.69. The van der Waals surface area contributed by atoms with Gasteiger partial charge in [0.15, 0.2) is 0 Å². The van der Waals surface area contributed by atoms with Gasteiger partial charge in [-0.05, 0) is 37.1 Å². The number of hydrogen-bond donors (Lipinski definition) is 1. The van der Waals surface area contributed by atoms with Gasteiger partial charge in [-0.15, -0.1) is 0 Å². The summed E-state index contributed by atoms with van der Waals surface area (Å²) in [6.07, 6.45) is 1.40. The molecule has 1 aromatic rings. The van der Waals surface area contributed by atoms with Gasteiger partial charge in [0.2, 0.25) is 0 Å². The molecule has 0 spiro atoms. The Morgan fingerprint density at radius 3 is 2.45 bits per heavy atom. The number of carbonyl (C=O) groups is 2. The summed E-state index contributed by atoms with van der Waals surface area (Å²) in [5.74, 6) is -1.33. The van der Waals surface area contributed by atoms with Crippen molar-refractivity contribution in [2.45, 2.75) is 12.8 Å². The third-order valence-electron chi connectivity index (χ3n) is 3.69. The summed E-state index contributed by atoms with van der Waals surface area (Å²) < 4.78 is 0. The molecule has 1 aliphatic rings. The van der Waals surface area contributed by atoms with E-state index in [2.05, 4.69) is 0 Å². The molecule has 20 heavy (non-hydrogen) atoms. The number of rotatable bonds is 3. The Kier molecular flexibility index (Phi) is 4.27. The van der Waals surface area contributed by atoms with Crippen LogP contribution in [0.5, 0.6) is 0 Å². The van der Waals surface area contributed by atoms with Crippen LogP contribution in [0.3, 0.4) is 0 Å². The number of aliphatic carboxylic acids is 1. The first kappa shape index (κ1) is 14.4. The van der Waals surface area contributed by atoms with Crippen LogP contribution in [-0.4, -0.2) is 49.1 Å². The van der Waals surface area contributed by atoms with E-state index in [0.717, 1.165) is 12.1 Å². The molecule has 1 fully saturated rings. The molecule has 0 aliphatic carbocycles. The van der Waals surface area contributed by atoms with Gasteiger partial charge in [0.25, 0.3) is 5.91 Å². The number of piperidine rings is 1. The highest BCUT2D eigenvalue weighted by atomic mass is 16.4. The minimum Gasteiger partial charge on any atom is -0.481 e. The first-order valence-electron chi connectivity index (χ1n) is 6.78. The van der Waals surface area contributed by atoms with E-state index < -0.39 is 11.9 Å². The van der Waals surface area contributed by atoms with Crippen LogP contribution in [0.4, 0.5) is 5.69 Å². The predicted molar refractivity (Wildman–Crippen MR) is 77.0 cm³/mol. The lowest BCUT2D eigenvalue weighted by Crippen LogP contribution is -2.42. The Morgan fingerprint density at radius 1 is 1.25 bits per heavy atom. The summed E-state index contributed by atoms with van der Waals surface area (Å²) in [7, 11) is 3.89. The standard InChI is InChI=1S/C15H20N2O3/c1-16(2)13-7-5-11(6-8-13)14(18)17-9-3-4-12(10-17)15(19)20/h5-8,12H,3-4,9-10H2,1-2H3,(H,19,20)/t12-/m1/s1. The maximum Gasteiger partial charge on any atom is 0.308 e. The number of likely N-dealkylation sites (tertiary alicyclic amines) is 1. The first-order valence-corrected chi connectivity index (χ1v) is 6.78. The minimum atomic E-state index is -0.814. The van der Waals surface area contributed by atoms with Crippen molar-refractivity contribution >= 4 is 17.6 Å². The number of anilines is 1. The molecule has 0 unspecified atom stereocenters. The smallest absolute Gasteiger partial charge is 0.308 e. The number of benzene rings is 1. The second kappa shape index (κ2) is 5.94. The summed E-state index contributed by atoms with van der Waals surface area (Å²) >= 11 is 0. The molecule has 108 valence electrons. The van der Waals surface area contributed by atoms with Gasteiger partial charge in [0, 0.05) is 38.4 Å². The van der Waals surface area contributed by atoms with Crippen molar-refractivity contribution in [3.63, 3.8) is 0 Å². The third kappa shape index (κ3) is 3.10. The minimum absolute atomic E-state index is 0.0822. The normalized spacial score (nSPS) is 18.7. The molecule has 5 heteroatoms. The zero-order valence-electron chi connectivity index (χ0n) is 11.9. The maximum atomic E-state index is 12.4. The zero-order chi connectivity index (χ0) is 14.7. The second-order valence-corrected chi connectivity index (χ2v) is 5.37. The van der Waals surface area contributed by atoms with E-state index >= 15 is 0 Å². The molecule has 0 bridgehead atoms. The highest BCUT2D eigenvalue weighted by Gasteiger charge is 2.28. The van der Waals surface area contributed by atoms with Crippen LogP contribution in [0.15, 0.2) is 24.3 Å². The van der Waals surface area contributed by atoms with Crippen molar-refractivity contribution in [1.29, 1.82) is 0 Å². The number of hydrogen-bond acceptors (Lipinski definition) is 3. The molecule has 1 aliphatic heterocycles. The summed E-state index contributed by atoms with van der Waals surface area (Å²) in [4.78, 5) is 27.0. The van der Waals surface area contributed by atoms with Gasteiger partial charge in [-0.25, -0.2) is 0 Å². The number of carbonyl (C=O) groups excluding carboxylic acids is 1. The Balaban J connectivity index is 2.08. The van der Waals surface area contributed by atoms with E-state index in [1.165, 1.54) is 0 Å². The first-order chi connectivity index (χ1) is 9.49. The molecule has 1 atom stereocenters. The molecule has 1 N–H and O–H groups in total. The van der Waals surface area contributed by atoms with E-state index in [-0.39, 0.29) is 5.91 Å². The highest BCUT2D eigenvalue weighted by molar-refractivity contribution is 5.95. The Morgan fingerprint density at radius 2 is 1.90 bits per heavy atom. The Labute approximate surface area is 118 Å². The van der Waals surface area contributed by atoms with Gasteiger partial charge in [0.05, 0.1) is 5.92 Å². The van der Waals surface area contributed by atoms with Crippen LogP contribution in [0.1, 0.15) is 23.2 Å². The van der Waals surface area contributed by atoms with Crippen molar-refractivity contribution in [1.82, 2.24) is 4.90 Å². The fourth-order valence-corrected chi connectivity index (χ4v) is 2.45. The molecule has 1 aromatic carbocycles. The fraction of sp³-hybridized carbons (Fsp3) is 0.467. The molecule has 2 rings (SSSR count). The molecule has 1 saturated heterocycles. The van der Waals surface area contributed by atoms with Gasteiger partial charge in [-0.3, -0.25) is 9.59 Å². The average molecular weight is 276 g/mol. The molecule has 1 amide bonds. The monoisotopic (exact) mass is 276 g/mol. The number of nitrogens with zero attached hydrogens (tertiary/aromatic N) is 2. The van der Waals surface area contributed by atoms with Gasteiger partial charge in [-0.2, -0.15) is 0 Å². The molecular weight excluding hydrogens is 256 g/mol. The Hall–Kier alpha value is -2.04. The van der Waals surface area contributed by atoms with Crippen LogP contribution in [0.2, 0.25) is 0 Å². The summed E-state index contributed by atoms with van der Waals surface area (Å²) in [6.45, 7) is 0.946.